The fourth-order valence-electron chi connectivity index (χ4n) is 4.58. The summed E-state index contributed by atoms with van der Waals surface area (Å²) in [6, 6.07) is -0.656. The van der Waals surface area contributed by atoms with Gasteiger partial charge in [0.1, 0.15) is 22.8 Å². The molecule has 1 fully saturated rings. The van der Waals surface area contributed by atoms with Gasteiger partial charge >= 0.3 is 18.0 Å². The van der Waals surface area contributed by atoms with Crippen molar-refractivity contribution in [1.29, 1.82) is 5.41 Å². The maximum absolute atomic E-state index is 13.1. The highest BCUT2D eigenvalue weighted by atomic mass is 35.5. The van der Waals surface area contributed by atoms with Crippen molar-refractivity contribution in [3.8, 4) is 11.3 Å². The first-order chi connectivity index (χ1) is 20.9. The zero-order chi connectivity index (χ0) is 31.5. The molecule has 4 heterocycles. The SMILES string of the molecule is N=C1/C(Cl)=C\OOC(O)(O)c2cnc(N[C@H]3CC[C@H](N(C(=O)OCC(O)(O)O)c4cnc(-c5cncnc5)cn4)CC3)nc21. The molecular formula is C25H26ClN9O9. The monoisotopic (exact) mass is 631 g/mol. The Labute approximate surface area is 253 Å². The minimum absolute atomic E-state index is 0.0755. The number of amides is 1. The molecule has 0 bridgehead atoms. The van der Waals surface area contributed by atoms with Gasteiger partial charge in [-0.15, -0.1) is 4.89 Å². The number of carbonyl (C=O) groups is 1. The van der Waals surface area contributed by atoms with Crippen LogP contribution in [0.25, 0.3) is 11.3 Å². The van der Waals surface area contributed by atoms with E-state index < -0.39 is 30.7 Å². The third kappa shape index (κ3) is 7.19. The summed E-state index contributed by atoms with van der Waals surface area (Å²) in [5.74, 6) is -5.96. The summed E-state index contributed by atoms with van der Waals surface area (Å²) >= 11 is 6.01. The Morgan fingerprint density at radius 1 is 1.09 bits per heavy atom. The van der Waals surface area contributed by atoms with E-state index in [2.05, 4.69) is 45.0 Å². The maximum Gasteiger partial charge on any atom is 0.416 e. The van der Waals surface area contributed by atoms with E-state index in [1.54, 1.807) is 12.4 Å². The summed E-state index contributed by atoms with van der Waals surface area (Å²) in [6.45, 7) is -1.10. The van der Waals surface area contributed by atoms with Gasteiger partial charge in [0.25, 0.3) is 0 Å². The van der Waals surface area contributed by atoms with Gasteiger partial charge in [-0.25, -0.2) is 29.7 Å². The van der Waals surface area contributed by atoms with E-state index in [-0.39, 0.29) is 39.8 Å². The lowest BCUT2D eigenvalue weighted by Gasteiger charge is -2.36. The molecule has 0 saturated heterocycles. The number of nitrogens with zero attached hydrogens (tertiary/aromatic N) is 7. The Hall–Kier alpha value is -4.43. The Bertz CT molecular complexity index is 1530. The second-order valence-electron chi connectivity index (χ2n) is 9.82. The molecule has 3 aromatic rings. The van der Waals surface area contributed by atoms with Crippen LogP contribution in [0.4, 0.5) is 16.6 Å². The highest BCUT2D eigenvalue weighted by molar-refractivity contribution is 6.45. The molecule has 232 valence electrons. The molecular weight excluding hydrogens is 606 g/mol. The molecule has 0 aromatic carbocycles. The van der Waals surface area contributed by atoms with E-state index >= 15 is 0 Å². The number of ether oxygens (including phenoxy) is 1. The van der Waals surface area contributed by atoms with Crippen LogP contribution in [0.15, 0.2) is 48.6 Å². The third-order valence-corrected chi connectivity index (χ3v) is 6.93. The predicted molar refractivity (Wildman–Crippen MR) is 147 cm³/mol. The normalized spacial score (nSPS) is 21.0. The van der Waals surface area contributed by atoms with Crippen LogP contribution < -0.4 is 10.2 Å². The topological polar surface area (TPSA) is 262 Å². The van der Waals surface area contributed by atoms with Crippen molar-refractivity contribution in [2.24, 2.45) is 0 Å². The standard InChI is InChI=1S/C25H26ClN9O9/c26-17-10-43-44-25(40,41)16-7-32-22(34-21(16)20(17)27)33-14-1-3-15(4-2-14)35(23(36)42-11-24(37,38)39)19-9-30-18(8-31-19)13-5-28-12-29-6-13/h5-10,12,14-15,27,37-41H,1-4,11H2,(H,32,33,34)/b17-10+,27-20?/t14-,15-. The van der Waals surface area contributed by atoms with Crippen LogP contribution in [-0.4, -0.2) is 91.9 Å². The number of hydrogen-bond acceptors (Lipinski definition) is 17. The second kappa shape index (κ2) is 12.7. The number of anilines is 2. The van der Waals surface area contributed by atoms with Crippen molar-refractivity contribution in [1.82, 2.24) is 29.9 Å². The predicted octanol–water partition coefficient (Wildman–Crippen LogP) is 0.225. The Morgan fingerprint density at radius 3 is 2.48 bits per heavy atom. The number of aliphatic hydroxyl groups is 5. The third-order valence-electron chi connectivity index (χ3n) is 6.65. The Morgan fingerprint density at radius 2 is 1.82 bits per heavy atom. The number of halogens is 1. The van der Waals surface area contributed by atoms with E-state index in [4.69, 9.17) is 21.7 Å². The van der Waals surface area contributed by atoms with E-state index in [0.29, 0.717) is 36.9 Å². The maximum atomic E-state index is 13.1. The molecule has 0 unspecified atom stereocenters. The molecule has 2 aliphatic rings. The quantitative estimate of drug-likeness (QED) is 0.136. The molecule has 1 amide bonds. The first kappa shape index (κ1) is 31.0. The van der Waals surface area contributed by atoms with E-state index in [0.717, 1.165) is 12.5 Å². The minimum atomic E-state index is -3.22. The number of hydrogen-bond donors (Lipinski definition) is 7. The highest BCUT2D eigenvalue weighted by Gasteiger charge is 2.38. The first-order valence-electron chi connectivity index (χ1n) is 13.0. The van der Waals surface area contributed by atoms with Gasteiger partial charge in [-0.1, -0.05) is 11.6 Å². The molecule has 7 N–H and O–H groups in total. The van der Waals surface area contributed by atoms with Crippen LogP contribution in [0, 0.1) is 5.41 Å². The highest BCUT2D eigenvalue weighted by Crippen LogP contribution is 2.31. The van der Waals surface area contributed by atoms with E-state index in [9.17, 15) is 30.3 Å². The molecule has 0 radical (unpaired) electrons. The number of rotatable bonds is 7. The van der Waals surface area contributed by atoms with Gasteiger partial charge in [-0.2, -0.15) is 0 Å². The number of carbonyl (C=O) groups excluding carboxylic acids is 1. The van der Waals surface area contributed by atoms with Crippen LogP contribution in [0.2, 0.25) is 0 Å². The lowest BCUT2D eigenvalue weighted by atomic mass is 9.90. The number of allylic oxidation sites excluding steroid dienone is 1. The van der Waals surface area contributed by atoms with Crippen molar-refractivity contribution < 1.29 is 44.8 Å². The summed E-state index contributed by atoms with van der Waals surface area (Å²) in [7, 11) is 0. The smallest absolute Gasteiger partial charge is 0.416 e. The molecule has 5 rings (SSSR count). The fourth-order valence-corrected chi connectivity index (χ4v) is 4.70. The summed E-state index contributed by atoms with van der Waals surface area (Å²) in [5, 5.41) is 59.2. The molecule has 44 heavy (non-hydrogen) atoms. The molecule has 1 saturated carbocycles. The summed E-state index contributed by atoms with van der Waals surface area (Å²) in [6.07, 6.45) is 9.97. The number of aromatic nitrogens is 6. The van der Waals surface area contributed by atoms with Crippen molar-refractivity contribution >= 4 is 35.2 Å². The average molecular weight is 632 g/mol. The molecule has 0 spiro atoms. The van der Waals surface area contributed by atoms with Gasteiger partial charge in [0.15, 0.2) is 18.7 Å². The van der Waals surface area contributed by atoms with E-state index in [1.165, 1.54) is 23.6 Å². The minimum Gasteiger partial charge on any atom is -0.440 e. The van der Waals surface area contributed by atoms with Crippen molar-refractivity contribution in [2.75, 3.05) is 16.8 Å². The largest absolute Gasteiger partial charge is 0.440 e. The van der Waals surface area contributed by atoms with Gasteiger partial charge in [0.05, 0.1) is 23.7 Å². The molecule has 18 nitrogen and oxygen atoms in total. The summed E-state index contributed by atoms with van der Waals surface area (Å²) in [4.78, 5) is 48.3. The number of fused-ring (bicyclic) bond motifs is 1. The molecule has 1 aliphatic carbocycles. The van der Waals surface area contributed by atoms with Gasteiger partial charge in [0.2, 0.25) is 5.95 Å². The summed E-state index contributed by atoms with van der Waals surface area (Å²) < 4.78 is 4.94. The van der Waals surface area contributed by atoms with Crippen LogP contribution in [0.5, 0.6) is 0 Å². The molecule has 1 aliphatic heterocycles. The molecule has 3 aromatic heterocycles. The lowest BCUT2D eigenvalue weighted by Crippen LogP contribution is -2.46. The first-order valence-corrected chi connectivity index (χ1v) is 13.4. The Kier molecular flexibility index (Phi) is 8.92. The second-order valence-corrected chi connectivity index (χ2v) is 10.2. The Balaban J connectivity index is 1.31. The lowest BCUT2D eigenvalue weighted by molar-refractivity contribution is -0.480. The van der Waals surface area contributed by atoms with Crippen molar-refractivity contribution in [2.45, 2.75) is 49.7 Å². The van der Waals surface area contributed by atoms with E-state index in [1.807, 2.05) is 0 Å². The zero-order valence-corrected chi connectivity index (χ0v) is 23.4. The van der Waals surface area contributed by atoms with Crippen LogP contribution >= 0.6 is 11.6 Å². The van der Waals surface area contributed by atoms with Gasteiger partial charge < -0.3 is 40.5 Å². The van der Waals surface area contributed by atoms with Crippen LogP contribution in [0.1, 0.15) is 36.9 Å². The fraction of sp³-hybridized carbons (Fsp3) is 0.360. The molecule has 19 heteroatoms. The van der Waals surface area contributed by atoms with Crippen LogP contribution in [0.3, 0.4) is 0 Å². The average Bonchev–Trinajstić information content (AvgIpc) is 3.00. The van der Waals surface area contributed by atoms with Crippen molar-refractivity contribution in [3.05, 3.63) is 59.9 Å². The van der Waals surface area contributed by atoms with Crippen LogP contribution in [-0.2, 0) is 20.5 Å². The van der Waals surface area contributed by atoms with Gasteiger partial charge in [-0.05, 0) is 25.7 Å². The number of nitrogens with one attached hydrogen (secondary N) is 2. The summed E-state index contributed by atoms with van der Waals surface area (Å²) in [5.41, 5.74) is 0.144. The van der Waals surface area contributed by atoms with Gasteiger partial charge in [0, 0.05) is 36.2 Å². The molecule has 0 atom stereocenters. The van der Waals surface area contributed by atoms with Gasteiger partial charge in [-0.3, -0.25) is 15.3 Å². The van der Waals surface area contributed by atoms with Crippen molar-refractivity contribution in [3.63, 3.8) is 0 Å². The zero-order valence-electron chi connectivity index (χ0n) is 22.6.